The summed E-state index contributed by atoms with van der Waals surface area (Å²) in [4.78, 5) is 14.7. The lowest BCUT2D eigenvalue weighted by atomic mass is 10.4. The van der Waals surface area contributed by atoms with Crippen molar-refractivity contribution in [3.63, 3.8) is 0 Å². The van der Waals surface area contributed by atoms with E-state index in [9.17, 15) is 0 Å². The van der Waals surface area contributed by atoms with Crippen LogP contribution in [-0.4, -0.2) is 35.2 Å². The molecule has 0 spiro atoms. The fraction of sp³-hybridized carbons (Fsp3) is 0.500. The quantitative estimate of drug-likeness (QED) is 0.874. The highest BCUT2D eigenvalue weighted by Gasteiger charge is 2.13. The van der Waals surface area contributed by atoms with Gasteiger partial charge in [0, 0.05) is 14.1 Å². The fourth-order valence-electron chi connectivity index (χ4n) is 1.77. The summed E-state index contributed by atoms with van der Waals surface area (Å²) in [6.45, 7) is 6.35. The van der Waals surface area contributed by atoms with E-state index in [0.717, 1.165) is 11.5 Å². The smallest absolute Gasteiger partial charge is 0.323 e. The number of ether oxygens (including phenoxy) is 1. The molecular weight excluding hydrogens is 270 g/mol. The molecule has 0 saturated heterocycles. The van der Waals surface area contributed by atoms with Gasteiger partial charge in [-0.05, 0) is 32.9 Å². The van der Waals surface area contributed by atoms with Gasteiger partial charge in [-0.15, -0.1) is 0 Å². The minimum atomic E-state index is 0.00276. The zero-order valence-electron chi connectivity index (χ0n) is 13.0. The molecule has 0 amide bonds. The molecule has 0 saturated carbocycles. The molecule has 7 heteroatoms. The van der Waals surface area contributed by atoms with Crippen LogP contribution < -0.4 is 15.0 Å². The van der Waals surface area contributed by atoms with Crippen LogP contribution in [0.3, 0.4) is 0 Å². The zero-order valence-corrected chi connectivity index (χ0v) is 13.0. The topological polar surface area (TPSA) is 76.3 Å². The summed E-state index contributed by atoms with van der Waals surface area (Å²) >= 11 is 0. The Bertz CT molecular complexity index is 597. The Morgan fingerprint density at radius 2 is 2.05 bits per heavy atom. The molecule has 0 radical (unpaired) electrons. The van der Waals surface area contributed by atoms with Crippen LogP contribution in [0.15, 0.2) is 16.5 Å². The first-order valence-electron chi connectivity index (χ1n) is 6.85. The Balaban J connectivity index is 2.20. The van der Waals surface area contributed by atoms with E-state index >= 15 is 0 Å². The highest BCUT2D eigenvalue weighted by Crippen LogP contribution is 2.17. The van der Waals surface area contributed by atoms with Crippen molar-refractivity contribution in [2.45, 2.75) is 33.4 Å². The maximum absolute atomic E-state index is 5.57. The predicted molar refractivity (Wildman–Crippen MR) is 80.7 cm³/mol. The number of hydrogen-bond acceptors (Lipinski definition) is 7. The fourth-order valence-corrected chi connectivity index (χ4v) is 1.77. The van der Waals surface area contributed by atoms with Gasteiger partial charge in [-0.3, -0.25) is 0 Å². The lowest BCUT2D eigenvalue weighted by Crippen LogP contribution is -2.21. The zero-order chi connectivity index (χ0) is 15.4. The second kappa shape index (κ2) is 6.43. The highest BCUT2D eigenvalue weighted by atomic mass is 16.5. The summed E-state index contributed by atoms with van der Waals surface area (Å²) in [5, 5.41) is 2.91. The molecule has 0 aromatic carbocycles. The Morgan fingerprint density at radius 3 is 2.62 bits per heavy atom. The Labute approximate surface area is 124 Å². The largest absolute Gasteiger partial charge is 0.464 e. The maximum atomic E-state index is 5.57. The second-order valence-electron chi connectivity index (χ2n) is 5.03. The van der Waals surface area contributed by atoms with Crippen molar-refractivity contribution in [3.05, 3.63) is 23.7 Å². The molecule has 0 aliphatic heterocycles. The second-order valence-corrected chi connectivity index (χ2v) is 5.03. The molecular formula is C14H21N5O2. The van der Waals surface area contributed by atoms with Crippen LogP contribution in [0.25, 0.3) is 0 Å². The first kappa shape index (κ1) is 15.1. The van der Waals surface area contributed by atoms with Gasteiger partial charge in [0.25, 0.3) is 0 Å². The molecule has 0 bridgehead atoms. The predicted octanol–water partition coefficient (Wildman–Crippen LogP) is 2.24. The maximum Gasteiger partial charge on any atom is 0.323 e. The summed E-state index contributed by atoms with van der Waals surface area (Å²) in [6, 6.07) is 4.18. The first-order valence-corrected chi connectivity index (χ1v) is 6.85. The summed E-state index contributed by atoms with van der Waals surface area (Å²) in [5.41, 5.74) is 0. The summed E-state index contributed by atoms with van der Waals surface area (Å²) in [6.07, 6.45) is 0.00276. The van der Waals surface area contributed by atoms with Crippen LogP contribution in [0.4, 0.5) is 11.9 Å². The van der Waals surface area contributed by atoms with Gasteiger partial charge in [0.05, 0.1) is 12.6 Å². The number of nitrogens with zero attached hydrogens (tertiary/aromatic N) is 4. The van der Waals surface area contributed by atoms with Crippen LogP contribution >= 0.6 is 0 Å². The van der Waals surface area contributed by atoms with Crippen molar-refractivity contribution in [2.24, 2.45) is 0 Å². The lowest BCUT2D eigenvalue weighted by Gasteiger charge is -2.17. The molecule has 2 aromatic heterocycles. The summed E-state index contributed by atoms with van der Waals surface area (Å²) in [5.74, 6) is 2.73. The third-order valence-corrected chi connectivity index (χ3v) is 2.70. The Hall–Kier alpha value is -2.31. The van der Waals surface area contributed by atoms with Crippen LogP contribution in [0.2, 0.25) is 0 Å². The van der Waals surface area contributed by atoms with E-state index in [0.29, 0.717) is 24.5 Å². The van der Waals surface area contributed by atoms with Crippen molar-refractivity contribution in [2.75, 3.05) is 24.3 Å². The molecule has 1 N–H and O–H groups in total. The van der Waals surface area contributed by atoms with E-state index in [4.69, 9.17) is 9.15 Å². The minimum absolute atomic E-state index is 0.00276. The molecule has 0 fully saturated rings. The van der Waals surface area contributed by atoms with Crippen molar-refractivity contribution in [1.29, 1.82) is 0 Å². The number of hydrogen-bond donors (Lipinski definition) is 1. The van der Waals surface area contributed by atoms with E-state index < -0.39 is 0 Å². The van der Waals surface area contributed by atoms with E-state index in [1.807, 2.05) is 44.9 Å². The molecule has 2 heterocycles. The van der Waals surface area contributed by atoms with Gasteiger partial charge in [0.15, 0.2) is 0 Å². The molecule has 0 aliphatic carbocycles. The van der Waals surface area contributed by atoms with E-state index in [1.165, 1.54) is 0 Å². The SMILES string of the molecule is CNc1nc(OC(C)C)nc(N(C)Cc2ccc(C)o2)n1. The van der Waals surface area contributed by atoms with Gasteiger partial charge in [0.2, 0.25) is 11.9 Å². The number of anilines is 2. The molecule has 114 valence electrons. The van der Waals surface area contributed by atoms with Crippen LogP contribution in [-0.2, 0) is 6.54 Å². The van der Waals surface area contributed by atoms with E-state index in [2.05, 4.69) is 20.3 Å². The normalized spacial score (nSPS) is 10.8. The number of furan rings is 1. The van der Waals surface area contributed by atoms with E-state index in [-0.39, 0.29) is 6.10 Å². The van der Waals surface area contributed by atoms with Gasteiger partial charge >= 0.3 is 6.01 Å². The minimum Gasteiger partial charge on any atom is -0.464 e. The number of aromatic nitrogens is 3. The van der Waals surface area contributed by atoms with Crippen molar-refractivity contribution < 1.29 is 9.15 Å². The van der Waals surface area contributed by atoms with Crippen LogP contribution in [0, 0.1) is 6.92 Å². The van der Waals surface area contributed by atoms with E-state index in [1.54, 1.807) is 7.05 Å². The number of rotatable bonds is 6. The van der Waals surface area contributed by atoms with Gasteiger partial charge in [-0.1, -0.05) is 0 Å². The molecule has 0 atom stereocenters. The Morgan fingerprint density at radius 1 is 1.29 bits per heavy atom. The number of aryl methyl sites for hydroxylation is 1. The van der Waals surface area contributed by atoms with Gasteiger partial charge in [0.1, 0.15) is 11.5 Å². The lowest BCUT2D eigenvalue weighted by molar-refractivity contribution is 0.222. The Kier molecular flexibility index (Phi) is 4.62. The third-order valence-electron chi connectivity index (χ3n) is 2.70. The number of nitrogens with one attached hydrogen (secondary N) is 1. The van der Waals surface area contributed by atoms with Gasteiger partial charge in [-0.2, -0.15) is 15.0 Å². The van der Waals surface area contributed by atoms with Crippen LogP contribution in [0.5, 0.6) is 6.01 Å². The summed E-state index contributed by atoms with van der Waals surface area (Å²) in [7, 11) is 3.65. The third kappa shape index (κ3) is 4.08. The molecule has 0 unspecified atom stereocenters. The molecule has 2 rings (SSSR count). The molecule has 2 aromatic rings. The van der Waals surface area contributed by atoms with Crippen molar-refractivity contribution >= 4 is 11.9 Å². The molecule has 21 heavy (non-hydrogen) atoms. The monoisotopic (exact) mass is 291 g/mol. The molecule has 0 aliphatic rings. The van der Waals surface area contributed by atoms with Gasteiger partial charge < -0.3 is 19.4 Å². The van der Waals surface area contributed by atoms with Crippen LogP contribution in [0.1, 0.15) is 25.4 Å². The average molecular weight is 291 g/mol. The summed E-state index contributed by atoms with van der Waals surface area (Å²) < 4.78 is 11.1. The first-order chi connectivity index (χ1) is 9.97. The average Bonchev–Trinajstić information content (AvgIpc) is 2.82. The van der Waals surface area contributed by atoms with Gasteiger partial charge in [-0.25, -0.2) is 0 Å². The standard InChI is InChI=1S/C14H21N5O2/c1-9(2)20-14-17-12(15-4)16-13(18-14)19(5)8-11-7-6-10(3)21-11/h6-7,9H,8H2,1-5H3,(H,15,16,17,18). The highest BCUT2D eigenvalue weighted by molar-refractivity contribution is 5.37. The van der Waals surface area contributed by atoms with Crippen molar-refractivity contribution in [3.8, 4) is 6.01 Å². The molecule has 7 nitrogen and oxygen atoms in total. The van der Waals surface area contributed by atoms with Crippen molar-refractivity contribution in [1.82, 2.24) is 15.0 Å².